The second-order valence-corrected chi connectivity index (χ2v) is 8.67. The van der Waals surface area contributed by atoms with E-state index in [9.17, 15) is 24.0 Å². The molecular weight excluding hydrogens is 546 g/mol. The molecule has 12 heteroatoms. The molecule has 0 radical (unpaired) electrons. The minimum Gasteiger partial charge on any atom is -0.495 e. The van der Waals surface area contributed by atoms with E-state index in [0.29, 0.717) is 17.0 Å². The number of hydrogen-bond acceptors (Lipinski definition) is 9. The van der Waals surface area contributed by atoms with Crippen LogP contribution in [0.5, 0.6) is 17.2 Å². The number of ether oxygens (including phenoxy) is 4. The molecule has 3 aromatic carbocycles. The van der Waals surface area contributed by atoms with Gasteiger partial charge in [-0.1, -0.05) is 18.2 Å². The average Bonchev–Trinajstić information content (AvgIpc) is 2.99. The highest BCUT2D eigenvalue weighted by Crippen LogP contribution is 2.31. The monoisotopic (exact) mass is 573 g/mol. The second-order valence-electron chi connectivity index (χ2n) is 8.67. The number of carbonyl (C=O) groups excluding carboxylic acids is 5. The van der Waals surface area contributed by atoms with Crippen LogP contribution in [0.25, 0.3) is 6.08 Å². The highest BCUT2D eigenvalue weighted by molar-refractivity contribution is 6.39. The summed E-state index contributed by atoms with van der Waals surface area (Å²) < 4.78 is 21.2. The largest absolute Gasteiger partial charge is 0.495 e. The number of amides is 5. The summed E-state index contributed by atoms with van der Waals surface area (Å²) in [4.78, 5) is 63.4. The maximum absolute atomic E-state index is 13.3. The fourth-order valence-electron chi connectivity index (χ4n) is 4.00. The number of nitrogens with one attached hydrogen (secondary N) is 2. The maximum Gasteiger partial charge on any atom is 0.337 e. The Labute approximate surface area is 240 Å². The van der Waals surface area contributed by atoms with Crippen LogP contribution in [0.3, 0.4) is 0 Å². The number of carbonyl (C=O) groups is 5. The molecule has 0 aromatic heterocycles. The zero-order chi connectivity index (χ0) is 30.2. The fourth-order valence-corrected chi connectivity index (χ4v) is 4.00. The number of hydrogen-bond donors (Lipinski definition) is 2. The van der Waals surface area contributed by atoms with Crippen LogP contribution in [0.1, 0.15) is 22.8 Å². The molecule has 1 heterocycles. The normalized spacial score (nSPS) is 13.8. The van der Waals surface area contributed by atoms with E-state index >= 15 is 0 Å². The van der Waals surface area contributed by atoms with Crippen molar-refractivity contribution in [3.8, 4) is 17.2 Å². The summed E-state index contributed by atoms with van der Waals surface area (Å²) in [7, 11) is 2.73. The first-order valence-corrected chi connectivity index (χ1v) is 12.7. The molecule has 0 unspecified atom stereocenters. The van der Waals surface area contributed by atoms with Gasteiger partial charge in [-0.3, -0.25) is 19.7 Å². The van der Waals surface area contributed by atoms with Gasteiger partial charge in [0, 0.05) is 0 Å². The summed E-state index contributed by atoms with van der Waals surface area (Å²) in [6.45, 7) is 1.70. The molecule has 0 saturated carbocycles. The molecule has 5 amide bonds. The number of urea groups is 1. The minimum absolute atomic E-state index is 0.147. The Balaban J connectivity index is 1.53. The molecule has 1 aliphatic rings. The molecule has 2 N–H and O–H groups in total. The highest BCUT2D eigenvalue weighted by Gasteiger charge is 2.37. The van der Waals surface area contributed by atoms with Gasteiger partial charge in [0.05, 0.1) is 37.8 Å². The molecule has 3 aromatic rings. The average molecular weight is 574 g/mol. The van der Waals surface area contributed by atoms with Crippen LogP contribution in [-0.4, -0.2) is 57.2 Å². The van der Waals surface area contributed by atoms with Gasteiger partial charge in [0.25, 0.3) is 17.7 Å². The van der Waals surface area contributed by atoms with Crippen molar-refractivity contribution < 1.29 is 42.9 Å². The third-order valence-corrected chi connectivity index (χ3v) is 5.97. The zero-order valence-corrected chi connectivity index (χ0v) is 23.0. The number of rotatable bonds is 10. The van der Waals surface area contributed by atoms with Gasteiger partial charge in [-0.15, -0.1) is 0 Å². The summed E-state index contributed by atoms with van der Waals surface area (Å²) in [5.74, 6) is -1.72. The number of nitrogens with zero attached hydrogens (tertiary/aromatic N) is 1. The Morgan fingerprint density at radius 1 is 0.905 bits per heavy atom. The van der Waals surface area contributed by atoms with Crippen LogP contribution in [0.15, 0.2) is 72.3 Å². The van der Waals surface area contributed by atoms with Gasteiger partial charge in [-0.2, -0.15) is 0 Å². The topological polar surface area (TPSA) is 150 Å². The Morgan fingerprint density at radius 2 is 1.64 bits per heavy atom. The van der Waals surface area contributed by atoms with Crippen LogP contribution in [0, 0.1) is 0 Å². The Bertz CT molecular complexity index is 1560. The van der Waals surface area contributed by atoms with E-state index in [-0.39, 0.29) is 41.5 Å². The maximum atomic E-state index is 13.3. The number of imide groups is 2. The summed E-state index contributed by atoms with van der Waals surface area (Å²) in [6.07, 6.45) is 1.31. The van der Waals surface area contributed by atoms with E-state index < -0.39 is 29.7 Å². The number of methoxy groups -OCH3 is 2. The lowest BCUT2D eigenvalue weighted by Crippen LogP contribution is -2.54. The van der Waals surface area contributed by atoms with E-state index in [1.165, 1.54) is 56.7 Å². The molecule has 42 heavy (non-hydrogen) atoms. The van der Waals surface area contributed by atoms with Crippen molar-refractivity contribution in [2.24, 2.45) is 0 Å². The van der Waals surface area contributed by atoms with Crippen molar-refractivity contribution in [3.63, 3.8) is 0 Å². The predicted octanol–water partition coefficient (Wildman–Crippen LogP) is 3.56. The third kappa shape index (κ3) is 6.55. The van der Waals surface area contributed by atoms with Gasteiger partial charge >= 0.3 is 12.0 Å². The third-order valence-electron chi connectivity index (χ3n) is 5.97. The van der Waals surface area contributed by atoms with Crippen LogP contribution in [0.2, 0.25) is 0 Å². The number of anilines is 2. The SMILES string of the molecule is CCOc1cc(/C=C2/C(=O)NC(=O)N(c3ccc(C(=O)OC)cc3)C2=O)ccc1OCC(=O)Nc1ccccc1OC. The number of esters is 1. The smallest absolute Gasteiger partial charge is 0.337 e. The van der Waals surface area contributed by atoms with Crippen molar-refractivity contribution >= 4 is 47.2 Å². The van der Waals surface area contributed by atoms with Crippen LogP contribution in [0.4, 0.5) is 16.2 Å². The summed E-state index contributed by atoms with van der Waals surface area (Å²) >= 11 is 0. The van der Waals surface area contributed by atoms with E-state index in [4.69, 9.17) is 14.2 Å². The first-order chi connectivity index (χ1) is 20.2. The summed E-state index contributed by atoms with van der Waals surface area (Å²) in [6, 6.07) is 16.2. The van der Waals surface area contributed by atoms with Crippen LogP contribution >= 0.6 is 0 Å². The Hall–Kier alpha value is -5.65. The minimum atomic E-state index is -0.932. The summed E-state index contributed by atoms with van der Waals surface area (Å²) in [5.41, 5.74) is 0.953. The van der Waals surface area contributed by atoms with E-state index in [2.05, 4.69) is 15.4 Å². The van der Waals surface area contributed by atoms with Crippen LogP contribution in [-0.2, 0) is 19.1 Å². The number of para-hydroxylation sites is 2. The zero-order valence-electron chi connectivity index (χ0n) is 23.0. The first kappa shape index (κ1) is 29.3. The molecule has 1 fully saturated rings. The first-order valence-electron chi connectivity index (χ1n) is 12.7. The molecule has 4 rings (SSSR count). The van der Waals surface area contributed by atoms with Gasteiger partial charge in [-0.25, -0.2) is 14.5 Å². The highest BCUT2D eigenvalue weighted by atomic mass is 16.5. The van der Waals surface area contributed by atoms with Gasteiger partial charge in [-0.05, 0) is 67.1 Å². The van der Waals surface area contributed by atoms with Crippen molar-refractivity contribution in [2.75, 3.05) is 37.7 Å². The molecule has 216 valence electrons. The molecule has 12 nitrogen and oxygen atoms in total. The Kier molecular flexibility index (Phi) is 9.17. The fraction of sp³-hybridized carbons (Fsp3) is 0.167. The van der Waals surface area contributed by atoms with Crippen molar-refractivity contribution in [1.29, 1.82) is 0 Å². The molecule has 0 bridgehead atoms. The van der Waals surface area contributed by atoms with Crippen molar-refractivity contribution in [3.05, 3.63) is 83.4 Å². The second kappa shape index (κ2) is 13.1. The van der Waals surface area contributed by atoms with Gasteiger partial charge < -0.3 is 24.3 Å². The van der Waals surface area contributed by atoms with Gasteiger partial charge in [0.2, 0.25) is 0 Å². The van der Waals surface area contributed by atoms with Gasteiger partial charge in [0.15, 0.2) is 18.1 Å². The molecular formula is C30H27N3O9. The summed E-state index contributed by atoms with van der Waals surface area (Å²) in [5, 5.41) is 4.86. The quantitative estimate of drug-likeness (QED) is 0.211. The number of barbiturate groups is 1. The molecule has 0 spiro atoms. The van der Waals surface area contributed by atoms with Gasteiger partial charge in [0.1, 0.15) is 11.3 Å². The molecule has 0 atom stereocenters. The lowest BCUT2D eigenvalue weighted by atomic mass is 10.1. The predicted molar refractivity (Wildman–Crippen MR) is 152 cm³/mol. The molecule has 0 aliphatic carbocycles. The lowest BCUT2D eigenvalue weighted by molar-refractivity contribution is -0.122. The molecule has 1 aliphatic heterocycles. The van der Waals surface area contributed by atoms with Crippen molar-refractivity contribution in [1.82, 2.24) is 5.32 Å². The van der Waals surface area contributed by atoms with E-state index in [1.807, 2.05) is 0 Å². The van der Waals surface area contributed by atoms with Crippen molar-refractivity contribution in [2.45, 2.75) is 6.92 Å². The Morgan fingerprint density at radius 3 is 2.33 bits per heavy atom. The molecule has 1 saturated heterocycles. The van der Waals surface area contributed by atoms with Crippen LogP contribution < -0.4 is 29.7 Å². The van der Waals surface area contributed by atoms with E-state index in [1.54, 1.807) is 37.3 Å². The van der Waals surface area contributed by atoms with E-state index in [0.717, 1.165) is 4.90 Å². The standard InChI is InChI=1S/C30H27N3O9/c1-4-41-25-16-18(9-14-24(25)42-17-26(34)31-22-7-5-6-8-23(22)39-2)15-21-27(35)32-30(38)33(28(21)36)20-12-10-19(11-13-20)29(37)40-3/h5-16H,4,17H2,1-3H3,(H,31,34)(H,32,35,38)/b21-15-. The lowest BCUT2D eigenvalue weighted by Gasteiger charge is -2.26. The number of benzene rings is 3.